The maximum atomic E-state index is 6.60. The standard InChI is InChI=1S/C18H21NO/c1-18(2,14-8-4-3-5-9-14)17(19)15-10-6-7-13-11-12-20-16(13)15/h3-10,17H,11-12,19H2,1-2H3. The SMILES string of the molecule is CC(C)(c1ccccc1)C(N)c1cccc2c1OCC2. The number of para-hydroxylation sites is 1. The zero-order chi connectivity index (χ0) is 14.2. The zero-order valence-electron chi connectivity index (χ0n) is 12.1. The molecule has 2 aromatic rings. The summed E-state index contributed by atoms with van der Waals surface area (Å²) in [6, 6.07) is 16.7. The van der Waals surface area contributed by atoms with Crippen molar-refractivity contribution in [2.24, 2.45) is 5.73 Å². The monoisotopic (exact) mass is 267 g/mol. The summed E-state index contributed by atoms with van der Waals surface area (Å²) in [4.78, 5) is 0. The van der Waals surface area contributed by atoms with Gasteiger partial charge in [0.15, 0.2) is 0 Å². The molecular weight excluding hydrogens is 246 g/mol. The average Bonchev–Trinajstić information content (AvgIpc) is 2.95. The Morgan fingerprint density at radius 1 is 1.05 bits per heavy atom. The smallest absolute Gasteiger partial charge is 0.127 e. The van der Waals surface area contributed by atoms with E-state index in [4.69, 9.17) is 10.5 Å². The second-order valence-corrected chi connectivity index (χ2v) is 6.00. The molecule has 1 unspecified atom stereocenters. The molecule has 1 atom stereocenters. The highest BCUT2D eigenvalue weighted by atomic mass is 16.5. The molecule has 1 aliphatic rings. The lowest BCUT2D eigenvalue weighted by Gasteiger charge is -2.33. The molecule has 3 rings (SSSR count). The Morgan fingerprint density at radius 3 is 2.55 bits per heavy atom. The number of nitrogens with two attached hydrogens (primary N) is 1. The lowest BCUT2D eigenvalue weighted by molar-refractivity contribution is 0.340. The van der Waals surface area contributed by atoms with Gasteiger partial charge in [-0.2, -0.15) is 0 Å². The van der Waals surface area contributed by atoms with Crippen molar-refractivity contribution in [1.82, 2.24) is 0 Å². The molecule has 0 amide bonds. The van der Waals surface area contributed by atoms with Gasteiger partial charge in [0.1, 0.15) is 5.75 Å². The number of benzene rings is 2. The molecule has 0 fully saturated rings. The van der Waals surface area contributed by atoms with Crippen LogP contribution in [0.5, 0.6) is 5.75 Å². The van der Waals surface area contributed by atoms with Crippen molar-refractivity contribution in [3.8, 4) is 5.75 Å². The van der Waals surface area contributed by atoms with Gasteiger partial charge >= 0.3 is 0 Å². The third-order valence-electron chi connectivity index (χ3n) is 4.38. The summed E-state index contributed by atoms with van der Waals surface area (Å²) < 4.78 is 5.80. The Balaban J connectivity index is 2.01. The number of hydrogen-bond acceptors (Lipinski definition) is 2. The molecule has 0 saturated carbocycles. The van der Waals surface area contributed by atoms with Crippen molar-refractivity contribution in [2.45, 2.75) is 31.7 Å². The van der Waals surface area contributed by atoms with E-state index in [1.807, 2.05) is 6.07 Å². The van der Waals surface area contributed by atoms with Crippen molar-refractivity contribution in [3.05, 3.63) is 65.2 Å². The first kappa shape index (κ1) is 13.2. The molecule has 104 valence electrons. The number of ether oxygens (including phenoxy) is 1. The van der Waals surface area contributed by atoms with E-state index in [-0.39, 0.29) is 11.5 Å². The maximum Gasteiger partial charge on any atom is 0.127 e. The minimum atomic E-state index is -0.137. The van der Waals surface area contributed by atoms with Crippen LogP contribution < -0.4 is 10.5 Å². The lowest BCUT2D eigenvalue weighted by atomic mass is 9.75. The second kappa shape index (κ2) is 4.95. The van der Waals surface area contributed by atoms with E-state index >= 15 is 0 Å². The van der Waals surface area contributed by atoms with E-state index in [0.717, 1.165) is 24.3 Å². The molecule has 0 aliphatic carbocycles. The molecule has 2 N–H and O–H groups in total. The Bertz CT molecular complexity index is 604. The fourth-order valence-corrected chi connectivity index (χ4v) is 2.92. The summed E-state index contributed by atoms with van der Waals surface area (Å²) in [5, 5.41) is 0. The van der Waals surface area contributed by atoms with Crippen LogP contribution >= 0.6 is 0 Å². The van der Waals surface area contributed by atoms with Crippen LogP contribution in [0.1, 0.15) is 36.6 Å². The summed E-state index contributed by atoms with van der Waals surface area (Å²) >= 11 is 0. The second-order valence-electron chi connectivity index (χ2n) is 6.00. The predicted molar refractivity (Wildman–Crippen MR) is 82.0 cm³/mol. The Kier molecular flexibility index (Phi) is 3.27. The molecule has 0 bridgehead atoms. The summed E-state index contributed by atoms with van der Waals surface area (Å²) in [6.07, 6.45) is 0.988. The van der Waals surface area contributed by atoms with Crippen molar-refractivity contribution >= 4 is 0 Å². The first-order valence-corrected chi connectivity index (χ1v) is 7.16. The minimum Gasteiger partial charge on any atom is -0.493 e. The highest BCUT2D eigenvalue weighted by molar-refractivity contribution is 5.47. The van der Waals surface area contributed by atoms with Gasteiger partial charge in [-0.3, -0.25) is 0 Å². The topological polar surface area (TPSA) is 35.2 Å². The number of rotatable bonds is 3. The predicted octanol–water partition coefficient (Wildman–Crippen LogP) is 3.60. The van der Waals surface area contributed by atoms with Crippen LogP contribution in [0.4, 0.5) is 0 Å². The molecule has 2 nitrogen and oxygen atoms in total. The molecule has 0 aromatic heterocycles. The Hall–Kier alpha value is -1.80. The van der Waals surface area contributed by atoms with Gasteiger partial charge in [-0.25, -0.2) is 0 Å². The third-order valence-corrected chi connectivity index (χ3v) is 4.38. The molecule has 1 heterocycles. The highest BCUT2D eigenvalue weighted by Gasteiger charge is 2.32. The van der Waals surface area contributed by atoms with Crippen LogP contribution in [-0.2, 0) is 11.8 Å². The number of hydrogen-bond donors (Lipinski definition) is 1. The van der Waals surface area contributed by atoms with Crippen LogP contribution in [-0.4, -0.2) is 6.61 Å². The van der Waals surface area contributed by atoms with E-state index in [0.29, 0.717) is 0 Å². The van der Waals surface area contributed by atoms with Crippen LogP contribution in [0.15, 0.2) is 48.5 Å². The quantitative estimate of drug-likeness (QED) is 0.922. The van der Waals surface area contributed by atoms with Crippen LogP contribution in [0.3, 0.4) is 0 Å². The molecule has 2 heteroatoms. The van der Waals surface area contributed by atoms with Gasteiger partial charge in [-0.15, -0.1) is 0 Å². The fourth-order valence-electron chi connectivity index (χ4n) is 2.92. The van der Waals surface area contributed by atoms with E-state index in [2.05, 4.69) is 56.3 Å². The van der Waals surface area contributed by atoms with Gasteiger partial charge in [-0.05, 0) is 11.1 Å². The number of fused-ring (bicyclic) bond motifs is 1. The first-order chi connectivity index (χ1) is 9.60. The lowest BCUT2D eigenvalue weighted by Crippen LogP contribution is -2.33. The van der Waals surface area contributed by atoms with E-state index in [1.54, 1.807) is 0 Å². The van der Waals surface area contributed by atoms with E-state index in [1.165, 1.54) is 11.1 Å². The van der Waals surface area contributed by atoms with Gasteiger partial charge in [0.2, 0.25) is 0 Å². The first-order valence-electron chi connectivity index (χ1n) is 7.16. The largest absolute Gasteiger partial charge is 0.493 e. The van der Waals surface area contributed by atoms with Gasteiger partial charge in [0.25, 0.3) is 0 Å². The van der Waals surface area contributed by atoms with E-state index < -0.39 is 0 Å². The highest BCUT2D eigenvalue weighted by Crippen LogP contribution is 2.41. The third kappa shape index (κ3) is 2.10. The van der Waals surface area contributed by atoms with Gasteiger partial charge < -0.3 is 10.5 Å². The Labute approximate surface area is 120 Å². The van der Waals surface area contributed by atoms with Crippen molar-refractivity contribution in [2.75, 3.05) is 6.61 Å². The molecule has 0 spiro atoms. The molecule has 0 radical (unpaired) electrons. The van der Waals surface area contributed by atoms with E-state index in [9.17, 15) is 0 Å². The Morgan fingerprint density at radius 2 is 1.80 bits per heavy atom. The van der Waals surface area contributed by atoms with Gasteiger partial charge in [0, 0.05) is 23.4 Å². The summed E-state index contributed by atoms with van der Waals surface area (Å²) in [5.74, 6) is 1.00. The summed E-state index contributed by atoms with van der Waals surface area (Å²) in [5.41, 5.74) is 10.1. The maximum absolute atomic E-state index is 6.60. The minimum absolute atomic E-state index is 0.0852. The average molecular weight is 267 g/mol. The van der Waals surface area contributed by atoms with Gasteiger partial charge in [-0.1, -0.05) is 62.4 Å². The van der Waals surface area contributed by atoms with Crippen LogP contribution in [0, 0.1) is 0 Å². The van der Waals surface area contributed by atoms with Crippen LogP contribution in [0.25, 0.3) is 0 Å². The summed E-state index contributed by atoms with van der Waals surface area (Å²) in [6.45, 7) is 5.16. The van der Waals surface area contributed by atoms with Crippen molar-refractivity contribution in [3.63, 3.8) is 0 Å². The van der Waals surface area contributed by atoms with Crippen LogP contribution in [0.2, 0.25) is 0 Å². The molecule has 2 aromatic carbocycles. The zero-order valence-corrected chi connectivity index (χ0v) is 12.1. The normalized spacial score (nSPS) is 15.6. The molecule has 0 saturated heterocycles. The molecule has 20 heavy (non-hydrogen) atoms. The van der Waals surface area contributed by atoms with Crippen molar-refractivity contribution < 1.29 is 4.74 Å². The molecule has 1 aliphatic heterocycles. The van der Waals surface area contributed by atoms with Crippen molar-refractivity contribution in [1.29, 1.82) is 0 Å². The summed E-state index contributed by atoms with van der Waals surface area (Å²) in [7, 11) is 0. The van der Waals surface area contributed by atoms with Gasteiger partial charge in [0.05, 0.1) is 6.61 Å². The molecular formula is C18H21NO. The fraction of sp³-hybridized carbons (Fsp3) is 0.333.